The number of rotatable bonds is 5. The molecule has 1 radical (unpaired) electrons. The van der Waals surface area contributed by atoms with Crippen molar-refractivity contribution in [3.8, 4) is 17.0 Å². The molecule has 2 aliphatic rings. The van der Waals surface area contributed by atoms with Crippen LogP contribution in [0, 0.1) is 11.9 Å². The summed E-state index contributed by atoms with van der Waals surface area (Å²) in [6.07, 6.45) is 3.94. The summed E-state index contributed by atoms with van der Waals surface area (Å²) in [5.41, 5.74) is 2.25. The quantitative estimate of drug-likeness (QED) is 0.388. The van der Waals surface area contributed by atoms with Crippen molar-refractivity contribution in [3.63, 3.8) is 0 Å². The zero-order chi connectivity index (χ0) is 26.4. The SMILES string of the molecule is O=C(c1cc(OC(F)(F)F)ccc1F)N1CCC(N2C[C](n3ccc(-c4ncnc5[nH]ccc45)c3)C2)CC1. The molecule has 197 valence electrons. The fourth-order valence-electron chi connectivity index (χ4n) is 5.15. The molecule has 0 unspecified atom stereocenters. The molecule has 6 rings (SSSR count). The van der Waals surface area contributed by atoms with Gasteiger partial charge < -0.3 is 19.2 Å². The van der Waals surface area contributed by atoms with Crippen LogP contribution in [0.1, 0.15) is 23.2 Å². The van der Waals surface area contributed by atoms with E-state index < -0.39 is 29.4 Å². The lowest BCUT2D eigenvalue weighted by atomic mass is 9.97. The van der Waals surface area contributed by atoms with Gasteiger partial charge in [-0.2, -0.15) is 0 Å². The number of hydrogen-bond acceptors (Lipinski definition) is 5. The van der Waals surface area contributed by atoms with E-state index in [0.717, 1.165) is 53.6 Å². The van der Waals surface area contributed by atoms with Gasteiger partial charge in [-0.15, -0.1) is 13.2 Å². The van der Waals surface area contributed by atoms with Gasteiger partial charge in [-0.05, 0) is 43.2 Å². The van der Waals surface area contributed by atoms with Crippen molar-refractivity contribution >= 4 is 16.9 Å². The molecule has 0 saturated carbocycles. The van der Waals surface area contributed by atoms with Crippen LogP contribution in [0.3, 0.4) is 0 Å². The number of ether oxygens (including phenoxy) is 1. The number of aromatic amines is 1. The van der Waals surface area contributed by atoms with Gasteiger partial charge in [0.25, 0.3) is 5.91 Å². The highest BCUT2D eigenvalue weighted by Gasteiger charge is 2.37. The van der Waals surface area contributed by atoms with Gasteiger partial charge in [0, 0.05) is 61.8 Å². The fourth-order valence-corrected chi connectivity index (χ4v) is 5.15. The second-order valence-corrected chi connectivity index (χ2v) is 9.45. The Morgan fingerprint density at radius 1 is 1.08 bits per heavy atom. The summed E-state index contributed by atoms with van der Waals surface area (Å²) in [4.78, 5) is 28.4. The van der Waals surface area contributed by atoms with Gasteiger partial charge in [-0.1, -0.05) is 0 Å². The molecule has 4 aromatic rings. The number of likely N-dealkylation sites (tertiary alicyclic amines) is 2. The maximum Gasteiger partial charge on any atom is 0.573 e. The molecule has 12 heteroatoms. The first-order valence-corrected chi connectivity index (χ1v) is 12.2. The molecule has 3 aromatic heterocycles. The molecule has 0 bridgehead atoms. The predicted octanol–water partition coefficient (Wildman–Crippen LogP) is 4.46. The van der Waals surface area contributed by atoms with E-state index in [4.69, 9.17) is 0 Å². The first-order chi connectivity index (χ1) is 18.2. The third-order valence-electron chi connectivity index (χ3n) is 7.13. The molecule has 5 heterocycles. The van der Waals surface area contributed by atoms with Crippen molar-refractivity contribution < 1.29 is 27.1 Å². The molecule has 0 spiro atoms. The van der Waals surface area contributed by atoms with Gasteiger partial charge >= 0.3 is 6.36 Å². The largest absolute Gasteiger partial charge is 0.573 e. The lowest BCUT2D eigenvalue weighted by Gasteiger charge is -2.47. The van der Waals surface area contributed by atoms with Crippen molar-refractivity contribution in [1.29, 1.82) is 0 Å². The zero-order valence-electron chi connectivity index (χ0n) is 20.1. The molecule has 38 heavy (non-hydrogen) atoms. The second-order valence-electron chi connectivity index (χ2n) is 9.45. The zero-order valence-corrected chi connectivity index (χ0v) is 20.1. The number of H-pyrrole nitrogens is 1. The minimum atomic E-state index is -4.92. The predicted molar refractivity (Wildman–Crippen MR) is 130 cm³/mol. The highest BCUT2D eigenvalue weighted by Crippen LogP contribution is 2.32. The molecule has 2 fully saturated rings. The third kappa shape index (κ3) is 4.71. The molecule has 2 saturated heterocycles. The number of amides is 1. The smallest absolute Gasteiger partial charge is 0.406 e. The van der Waals surface area contributed by atoms with Crippen LogP contribution in [0.25, 0.3) is 22.3 Å². The lowest BCUT2D eigenvalue weighted by molar-refractivity contribution is -0.274. The number of benzene rings is 1. The number of hydrogen-bond donors (Lipinski definition) is 1. The first-order valence-electron chi connectivity index (χ1n) is 12.2. The van der Waals surface area contributed by atoms with Gasteiger partial charge in [-0.3, -0.25) is 9.69 Å². The molecule has 0 atom stereocenters. The summed E-state index contributed by atoms with van der Waals surface area (Å²) in [5.74, 6) is -2.13. The highest BCUT2D eigenvalue weighted by atomic mass is 19.4. The average molecular weight is 528 g/mol. The van der Waals surface area contributed by atoms with Crippen LogP contribution in [0.15, 0.2) is 55.2 Å². The summed E-state index contributed by atoms with van der Waals surface area (Å²) in [5, 5.41) is 0.964. The molecule has 1 N–H and O–H groups in total. The van der Waals surface area contributed by atoms with Gasteiger partial charge in [0.15, 0.2) is 0 Å². The topological polar surface area (TPSA) is 79.3 Å². The van der Waals surface area contributed by atoms with Crippen molar-refractivity contribution in [3.05, 3.63) is 72.7 Å². The maximum atomic E-state index is 14.2. The molecule has 1 aromatic carbocycles. The van der Waals surface area contributed by atoms with Gasteiger partial charge in [0.2, 0.25) is 0 Å². The Bertz CT molecular complexity index is 1470. The Labute approximate surface area is 214 Å². The van der Waals surface area contributed by atoms with Crippen LogP contribution >= 0.6 is 0 Å². The van der Waals surface area contributed by atoms with E-state index in [0.29, 0.717) is 25.9 Å². The summed E-state index contributed by atoms with van der Waals surface area (Å²) in [7, 11) is 0. The molecular formula is C26H23F4N6O2. The monoisotopic (exact) mass is 527 g/mol. The summed E-state index contributed by atoms with van der Waals surface area (Å²) >= 11 is 0. The molecule has 8 nitrogen and oxygen atoms in total. The van der Waals surface area contributed by atoms with Crippen molar-refractivity contribution in [2.45, 2.75) is 25.2 Å². The molecule has 1 amide bonds. The van der Waals surface area contributed by atoms with Crippen LogP contribution in [0.2, 0.25) is 0 Å². The number of aromatic nitrogens is 4. The first kappa shape index (κ1) is 24.4. The van der Waals surface area contributed by atoms with E-state index in [-0.39, 0.29) is 6.04 Å². The lowest BCUT2D eigenvalue weighted by Crippen LogP contribution is -2.56. The van der Waals surface area contributed by atoms with Crippen LogP contribution in [0.5, 0.6) is 5.75 Å². The average Bonchev–Trinajstić information content (AvgIpc) is 3.53. The van der Waals surface area contributed by atoms with E-state index in [1.54, 1.807) is 6.33 Å². The third-order valence-corrected chi connectivity index (χ3v) is 7.13. The number of carbonyl (C=O) groups is 1. The number of nitrogens with zero attached hydrogens (tertiary/aromatic N) is 5. The van der Waals surface area contributed by atoms with Crippen LogP contribution in [-0.2, 0) is 0 Å². The van der Waals surface area contributed by atoms with E-state index in [9.17, 15) is 22.4 Å². The van der Waals surface area contributed by atoms with Gasteiger partial charge in [-0.25, -0.2) is 14.4 Å². The molecule has 0 aliphatic carbocycles. The number of fused-ring (bicyclic) bond motifs is 1. The van der Waals surface area contributed by atoms with E-state index in [2.05, 4.69) is 35.4 Å². The van der Waals surface area contributed by atoms with Crippen LogP contribution in [-0.4, -0.2) is 73.8 Å². The molecule has 2 aliphatic heterocycles. The second kappa shape index (κ2) is 9.43. The maximum absolute atomic E-state index is 14.2. The Morgan fingerprint density at radius 3 is 2.63 bits per heavy atom. The summed E-state index contributed by atoms with van der Waals surface area (Å²) in [6.45, 7) is 2.38. The van der Waals surface area contributed by atoms with Crippen molar-refractivity contribution in [1.82, 2.24) is 29.3 Å². The Kier molecular flexibility index (Phi) is 6.05. The Balaban J connectivity index is 1.04. The van der Waals surface area contributed by atoms with Crippen molar-refractivity contribution in [2.75, 3.05) is 26.2 Å². The number of alkyl halides is 3. The number of carbonyl (C=O) groups excluding carboxylic acids is 1. The van der Waals surface area contributed by atoms with E-state index in [1.807, 2.05) is 24.5 Å². The minimum absolute atomic E-state index is 0.268. The summed E-state index contributed by atoms with van der Waals surface area (Å²) in [6, 6.07) is 7.98. The highest BCUT2D eigenvalue weighted by molar-refractivity contribution is 5.95. The van der Waals surface area contributed by atoms with Crippen molar-refractivity contribution in [2.24, 2.45) is 0 Å². The van der Waals surface area contributed by atoms with Crippen LogP contribution < -0.4 is 4.74 Å². The van der Waals surface area contributed by atoms with Gasteiger partial charge in [0.1, 0.15) is 23.5 Å². The van der Waals surface area contributed by atoms with E-state index >= 15 is 0 Å². The molecular weight excluding hydrogens is 504 g/mol. The van der Waals surface area contributed by atoms with E-state index in [1.165, 1.54) is 10.9 Å². The Morgan fingerprint density at radius 2 is 1.87 bits per heavy atom. The van der Waals surface area contributed by atoms with Gasteiger partial charge in [0.05, 0.1) is 17.3 Å². The number of nitrogens with one attached hydrogen (secondary N) is 1. The number of piperidine rings is 1. The minimum Gasteiger partial charge on any atom is -0.406 e. The normalized spacial score (nSPS) is 17.6. The van der Waals surface area contributed by atoms with Crippen LogP contribution in [0.4, 0.5) is 17.6 Å². The Hall–Kier alpha value is -3.93. The summed E-state index contributed by atoms with van der Waals surface area (Å²) < 4.78 is 57.8. The standard InChI is InChI=1S/C26H23F4N6O2/c27-22-2-1-19(38-26(28,29)30)11-21(22)25(37)34-9-5-17(6-10-34)36-13-18(14-36)35-8-4-16(12-35)23-20-3-7-31-24(20)33-15-32-23/h1-4,7-8,11-12,15,17H,5-6,9-10,13-14H2,(H,31,32,33). The number of halogens is 4. The fraction of sp³-hybridized carbons (Fsp3) is 0.308.